The zero-order valence-electron chi connectivity index (χ0n) is 16.1. The fourth-order valence-corrected chi connectivity index (χ4v) is 3.96. The molecule has 8 heteroatoms. The first-order valence-electron chi connectivity index (χ1n) is 9.25. The van der Waals surface area contributed by atoms with E-state index in [4.69, 9.17) is 4.74 Å². The fourth-order valence-electron chi connectivity index (χ4n) is 3.16. The second kappa shape index (κ2) is 11.2. The van der Waals surface area contributed by atoms with Gasteiger partial charge in [-0.1, -0.05) is 6.07 Å². The Morgan fingerprint density at radius 1 is 1.33 bits per heavy atom. The maximum atomic E-state index is 12.5. The molecule has 0 heterocycles. The summed E-state index contributed by atoms with van der Waals surface area (Å²) in [7, 11) is 1.43. The van der Waals surface area contributed by atoms with E-state index in [0.29, 0.717) is 24.8 Å². The molecule has 0 spiro atoms. The minimum Gasteiger partial charge on any atom is -0.493 e. The predicted molar refractivity (Wildman–Crippen MR) is 107 cm³/mol. The molecule has 2 unspecified atom stereocenters. The number of methoxy groups -OCH3 is 1. The van der Waals surface area contributed by atoms with E-state index in [-0.39, 0.29) is 5.75 Å². The molecule has 152 valence electrons. The molecule has 0 aliphatic heterocycles. The Morgan fingerprint density at radius 2 is 2.15 bits per heavy atom. The lowest BCUT2D eigenvalue weighted by atomic mass is 10.1. The van der Waals surface area contributed by atoms with E-state index in [1.807, 2.05) is 24.8 Å². The lowest BCUT2D eigenvalue weighted by Crippen LogP contribution is -2.42. The Bertz CT molecular complexity index is 617. The Morgan fingerprint density at radius 3 is 2.78 bits per heavy atom. The average Bonchev–Trinajstić information content (AvgIpc) is 3.09. The molecule has 1 aliphatic carbocycles. The SMILES string of the molecule is CCNC(=NCCc1ccc(OC)c(OC(F)F)c1)NC1CCC(SC)C1. The summed E-state index contributed by atoms with van der Waals surface area (Å²) in [6, 6.07) is 5.52. The third-order valence-electron chi connectivity index (χ3n) is 4.52. The van der Waals surface area contributed by atoms with Crippen molar-refractivity contribution in [2.45, 2.75) is 50.5 Å². The first kappa shape index (κ1) is 21.6. The maximum Gasteiger partial charge on any atom is 0.387 e. The number of nitrogens with one attached hydrogen (secondary N) is 2. The van der Waals surface area contributed by atoms with E-state index >= 15 is 0 Å². The van der Waals surface area contributed by atoms with Crippen molar-refractivity contribution < 1.29 is 18.3 Å². The molecule has 0 aromatic heterocycles. The minimum atomic E-state index is -2.88. The van der Waals surface area contributed by atoms with Crippen molar-refractivity contribution in [1.82, 2.24) is 10.6 Å². The van der Waals surface area contributed by atoms with Crippen LogP contribution in [0.4, 0.5) is 8.78 Å². The number of guanidine groups is 1. The van der Waals surface area contributed by atoms with Gasteiger partial charge in [0.25, 0.3) is 0 Å². The van der Waals surface area contributed by atoms with Gasteiger partial charge >= 0.3 is 6.61 Å². The number of hydrogen-bond donors (Lipinski definition) is 2. The quantitative estimate of drug-likeness (QED) is 0.488. The van der Waals surface area contributed by atoms with E-state index in [0.717, 1.165) is 36.2 Å². The Labute approximate surface area is 164 Å². The Kier molecular flexibility index (Phi) is 8.97. The second-order valence-corrected chi connectivity index (χ2v) is 7.52. The highest BCUT2D eigenvalue weighted by Crippen LogP contribution is 2.30. The Hall–Kier alpha value is -1.70. The third-order valence-corrected chi connectivity index (χ3v) is 5.61. The van der Waals surface area contributed by atoms with Gasteiger partial charge in [-0.15, -0.1) is 0 Å². The summed E-state index contributed by atoms with van der Waals surface area (Å²) in [5, 5.41) is 7.50. The molecule has 1 saturated carbocycles. The Balaban J connectivity index is 1.94. The number of rotatable bonds is 9. The largest absolute Gasteiger partial charge is 0.493 e. The number of nitrogens with zero attached hydrogens (tertiary/aromatic N) is 1. The smallest absolute Gasteiger partial charge is 0.387 e. The lowest BCUT2D eigenvalue weighted by Gasteiger charge is -2.17. The van der Waals surface area contributed by atoms with E-state index in [9.17, 15) is 8.78 Å². The van der Waals surface area contributed by atoms with Crippen LogP contribution in [-0.4, -0.2) is 50.3 Å². The zero-order chi connectivity index (χ0) is 19.6. The van der Waals surface area contributed by atoms with Gasteiger partial charge in [-0.3, -0.25) is 4.99 Å². The minimum absolute atomic E-state index is 0.0491. The summed E-state index contributed by atoms with van der Waals surface area (Å²) in [5.41, 5.74) is 0.870. The maximum absolute atomic E-state index is 12.5. The number of benzene rings is 1. The number of thioether (sulfide) groups is 1. The molecule has 2 N–H and O–H groups in total. The monoisotopic (exact) mass is 401 g/mol. The van der Waals surface area contributed by atoms with Gasteiger partial charge in [0.1, 0.15) is 0 Å². The topological polar surface area (TPSA) is 54.9 Å². The highest BCUT2D eigenvalue weighted by molar-refractivity contribution is 7.99. The molecule has 1 aromatic rings. The van der Waals surface area contributed by atoms with Crippen molar-refractivity contribution in [1.29, 1.82) is 0 Å². The van der Waals surface area contributed by atoms with Gasteiger partial charge in [0.05, 0.1) is 7.11 Å². The molecule has 0 saturated heterocycles. The third kappa shape index (κ3) is 7.08. The number of aliphatic imine (C=N–C) groups is 1. The van der Waals surface area contributed by atoms with Gasteiger partial charge < -0.3 is 20.1 Å². The molecule has 0 radical (unpaired) electrons. The van der Waals surface area contributed by atoms with Gasteiger partial charge in [0.2, 0.25) is 0 Å². The molecule has 5 nitrogen and oxygen atoms in total. The van der Waals surface area contributed by atoms with Crippen LogP contribution in [0.5, 0.6) is 11.5 Å². The van der Waals surface area contributed by atoms with E-state index in [1.54, 1.807) is 12.1 Å². The first-order valence-corrected chi connectivity index (χ1v) is 10.5. The summed E-state index contributed by atoms with van der Waals surface area (Å²) in [6.07, 6.45) is 6.32. The number of alkyl halides is 2. The number of halogens is 2. The first-order chi connectivity index (χ1) is 13.0. The zero-order valence-corrected chi connectivity index (χ0v) is 17.0. The fraction of sp³-hybridized carbons (Fsp3) is 0.632. The summed E-state index contributed by atoms with van der Waals surface area (Å²) in [4.78, 5) is 4.62. The summed E-state index contributed by atoms with van der Waals surface area (Å²) >= 11 is 1.92. The molecule has 0 bridgehead atoms. The van der Waals surface area contributed by atoms with E-state index in [2.05, 4.69) is 26.6 Å². The van der Waals surface area contributed by atoms with Gasteiger partial charge in [0.15, 0.2) is 17.5 Å². The van der Waals surface area contributed by atoms with Gasteiger partial charge in [-0.25, -0.2) is 0 Å². The molecule has 2 rings (SSSR count). The van der Waals surface area contributed by atoms with Crippen LogP contribution in [-0.2, 0) is 6.42 Å². The molecule has 1 aromatic carbocycles. The normalized spacial score (nSPS) is 20.0. The van der Waals surface area contributed by atoms with Crippen LogP contribution in [0.15, 0.2) is 23.2 Å². The highest BCUT2D eigenvalue weighted by atomic mass is 32.2. The van der Waals surface area contributed by atoms with Crippen LogP contribution >= 0.6 is 11.8 Å². The van der Waals surface area contributed by atoms with Crippen molar-refractivity contribution in [2.75, 3.05) is 26.5 Å². The summed E-state index contributed by atoms with van der Waals surface area (Å²) in [6.45, 7) is 0.496. The van der Waals surface area contributed by atoms with Crippen LogP contribution in [0.2, 0.25) is 0 Å². The molecule has 2 atom stereocenters. The lowest BCUT2D eigenvalue weighted by molar-refractivity contribution is -0.0512. The molecular weight excluding hydrogens is 372 g/mol. The van der Waals surface area contributed by atoms with Gasteiger partial charge in [-0.05, 0) is 56.6 Å². The van der Waals surface area contributed by atoms with Crippen molar-refractivity contribution in [3.05, 3.63) is 23.8 Å². The van der Waals surface area contributed by atoms with Crippen molar-refractivity contribution in [2.24, 2.45) is 4.99 Å². The molecule has 0 amide bonds. The predicted octanol–water partition coefficient (Wildman–Crippen LogP) is 3.68. The molecule has 1 aliphatic rings. The van der Waals surface area contributed by atoms with Crippen molar-refractivity contribution in [3.63, 3.8) is 0 Å². The van der Waals surface area contributed by atoms with Crippen molar-refractivity contribution >= 4 is 17.7 Å². The van der Waals surface area contributed by atoms with E-state index in [1.165, 1.54) is 13.5 Å². The molecule has 27 heavy (non-hydrogen) atoms. The average molecular weight is 402 g/mol. The van der Waals surface area contributed by atoms with Crippen LogP contribution in [0.3, 0.4) is 0 Å². The summed E-state index contributed by atoms with van der Waals surface area (Å²) in [5.74, 6) is 1.15. The van der Waals surface area contributed by atoms with Crippen LogP contribution in [0.1, 0.15) is 31.7 Å². The molecular formula is C19H29F2N3O2S. The highest BCUT2D eigenvalue weighted by Gasteiger charge is 2.24. The summed E-state index contributed by atoms with van der Waals surface area (Å²) < 4.78 is 34.7. The van der Waals surface area contributed by atoms with Crippen molar-refractivity contribution in [3.8, 4) is 11.5 Å². The van der Waals surface area contributed by atoms with Gasteiger partial charge in [0, 0.05) is 24.4 Å². The van der Waals surface area contributed by atoms with Crippen LogP contribution < -0.4 is 20.1 Å². The van der Waals surface area contributed by atoms with Gasteiger partial charge in [-0.2, -0.15) is 20.5 Å². The van der Waals surface area contributed by atoms with E-state index < -0.39 is 6.61 Å². The standard InChI is InChI=1S/C19H29F2N3O2S/c1-4-22-19(24-14-6-7-15(12-14)27-3)23-10-9-13-5-8-16(25-2)17(11-13)26-18(20)21/h5,8,11,14-15,18H,4,6-7,9-10,12H2,1-3H3,(H2,22,23,24). The van der Waals surface area contributed by atoms with Crippen LogP contribution in [0, 0.1) is 0 Å². The second-order valence-electron chi connectivity index (χ2n) is 6.39. The molecule has 1 fully saturated rings. The number of ether oxygens (including phenoxy) is 2. The number of hydrogen-bond acceptors (Lipinski definition) is 4. The van der Waals surface area contributed by atoms with Crippen LogP contribution in [0.25, 0.3) is 0 Å².